The van der Waals surface area contributed by atoms with Gasteiger partial charge >= 0.3 is 12.0 Å². The zero-order valence-electron chi connectivity index (χ0n) is 11.9. The van der Waals surface area contributed by atoms with Crippen molar-refractivity contribution < 1.29 is 14.7 Å². The summed E-state index contributed by atoms with van der Waals surface area (Å²) >= 11 is 0. The van der Waals surface area contributed by atoms with Crippen LogP contribution in [0.5, 0.6) is 0 Å². The summed E-state index contributed by atoms with van der Waals surface area (Å²) in [5.74, 6) is -0.830. The second kappa shape index (κ2) is 8.59. The predicted octanol–water partition coefficient (Wildman–Crippen LogP) is 2.52. The first-order valence-corrected chi connectivity index (χ1v) is 6.76. The Kier molecular flexibility index (Phi) is 6.75. The Hall–Kier alpha value is -2.55. The van der Waals surface area contributed by atoms with Crippen molar-refractivity contribution in [3.05, 3.63) is 29.8 Å². The van der Waals surface area contributed by atoms with Gasteiger partial charge in [-0.15, -0.1) is 0 Å². The van der Waals surface area contributed by atoms with E-state index in [1.165, 1.54) is 0 Å². The molecule has 6 nitrogen and oxygen atoms in total. The van der Waals surface area contributed by atoms with Crippen LogP contribution in [0.2, 0.25) is 0 Å². The van der Waals surface area contributed by atoms with Crippen LogP contribution in [0.25, 0.3) is 0 Å². The number of carboxylic acid groups (broad SMARTS) is 1. The molecular weight excluding hydrogens is 270 g/mol. The number of nitrogens with zero attached hydrogens (tertiary/aromatic N) is 1. The monoisotopic (exact) mass is 289 g/mol. The highest BCUT2D eigenvalue weighted by molar-refractivity contribution is 5.89. The Labute approximate surface area is 123 Å². The minimum absolute atomic E-state index is 0.0952. The van der Waals surface area contributed by atoms with Crippen molar-refractivity contribution in [3.63, 3.8) is 0 Å². The van der Waals surface area contributed by atoms with E-state index >= 15 is 0 Å². The molecule has 0 heterocycles. The van der Waals surface area contributed by atoms with E-state index in [4.69, 9.17) is 10.4 Å². The number of carbonyl (C=O) groups excluding carboxylic acids is 1. The minimum atomic E-state index is -0.830. The van der Waals surface area contributed by atoms with Crippen LogP contribution in [0.1, 0.15) is 31.7 Å². The van der Waals surface area contributed by atoms with Crippen LogP contribution in [0.3, 0.4) is 0 Å². The van der Waals surface area contributed by atoms with Crippen molar-refractivity contribution in [3.8, 4) is 6.07 Å². The van der Waals surface area contributed by atoms with E-state index in [-0.39, 0.29) is 18.5 Å². The van der Waals surface area contributed by atoms with Crippen LogP contribution in [-0.4, -0.2) is 23.1 Å². The molecule has 0 bridgehead atoms. The average molecular weight is 289 g/mol. The van der Waals surface area contributed by atoms with Crippen molar-refractivity contribution >= 4 is 17.7 Å². The number of nitriles is 1. The number of carboxylic acids is 1. The summed E-state index contributed by atoms with van der Waals surface area (Å²) in [4.78, 5) is 22.1. The van der Waals surface area contributed by atoms with Crippen LogP contribution < -0.4 is 10.6 Å². The van der Waals surface area contributed by atoms with E-state index in [9.17, 15) is 9.59 Å². The molecule has 0 radical (unpaired) electrons. The molecule has 3 N–H and O–H groups in total. The molecule has 6 heteroatoms. The van der Waals surface area contributed by atoms with Gasteiger partial charge in [-0.1, -0.05) is 12.1 Å². The molecule has 21 heavy (non-hydrogen) atoms. The van der Waals surface area contributed by atoms with E-state index in [0.717, 1.165) is 5.56 Å². The molecule has 0 aliphatic rings. The number of anilines is 1. The number of nitrogens with one attached hydrogen (secondary N) is 2. The third kappa shape index (κ3) is 6.97. The first-order valence-electron chi connectivity index (χ1n) is 6.76. The summed E-state index contributed by atoms with van der Waals surface area (Å²) < 4.78 is 0. The fourth-order valence-electron chi connectivity index (χ4n) is 1.82. The summed E-state index contributed by atoms with van der Waals surface area (Å²) in [5.41, 5.74) is 1.54. The molecule has 0 aromatic heterocycles. The lowest BCUT2D eigenvalue weighted by Crippen LogP contribution is -2.36. The first kappa shape index (κ1) is 16.5. The van der Waals surface area contributed by atoms with Crippen molar-refractivity contribution in [2.45, 2.75) is 38.6 Å². The molecular formula is C15H19N3O3. The molecule has 0 aliphatic heterocycles. The highest BCUT2D eigenvalue weighted by atomic mass is 16.4. The topological polar surface area (TPSA) is 102 Å². The van der Waals surface area contributed by atoms with Crippen molar-refractivity contribution in [2.75, 3.05) is 5.32 Å². The quantitative estimate of drug-likeness (QED) is 0.717. The van der Waals surface area contributed by atoms with Crippen molar-refractivity contribution in [1.29, 1.82) is 5.26 Å². The molecule has 1 rings (SSSR count). The van der Waals surface area contributed by atoms with E-state index in [0.29, 0.717) is 24.9 Å². The highest BCUT2D eigenvalue weighted by Gasteiger charge is 2.08. The van der Waals surface area contributed by atoms with Gasteiger partial charge in [0.2, 0.25) is 0 Å². The molecule has 0 spiro atoms. The number of amides is 2. The Morgan fingerprint density at radius 3 is 2.57 bits per heavy atom. The summed E-state index contributed by atoms with van der Waals surface area (Å²) in [5, 5.41) is 22.6. The average Bonchev–Trinajstić information content (AvgIpc) is 2.40. The van der Waals surface area contributed by atoms with Crippen LogP contribution in [-0.2, 0) is 11.2 Å². The molecule has 0 saturated carbocycles. The summed E-state index contributed by atoms with van der Waals surface area (Å²) in [6, 6.07) is 8.68. The van der Waals surface area contributed by atoms with E-state index in [1.807, 2.05) is 6.92 Å². The van der Waals surface area contributed by atoms with Gasteiger partial charge in [-0.05, 0) is 37.5 Å². The Bertz CT molecular complexity index is 520. The molecule has 1 aromatic rings. The number of aliphatic carboxylic acids is 1. The molecule has 1 aromatic carbocycles. The zero-order chi connectivity index (χ0) is 15.7. The Morgan fingerprint density at radius 1 is 1.33 bits per heavy atom. The Balaban J connectivity index is 2.35. The standard InChI is InChI=1S/C15H19N3O3/c1-11(3-2-4-14(19)20)17-15(21)18-13-7-5-12(6-8-13)9-10-16/h5-8,11H,2-4,9H2,1H3,(H,19,20)(H2,17,18,21). The van der Waals surface area contributed by atoms with Gasteiger partial charge in [-0.3, -0.25) is 4.79 Å². The molecule has 1 unspecified atom stereocenters. The van der Waals surface area contributed by atoms with E-state index < -0.39 is 5.97 Å². The predicted molar refractivity (Wildman–Crippen MR) is 78.9 cm³/mol. The summed E-state index contributed by atoms with van der Waals surface area (Å²) in [6.07, 6.45) is 1.58. The third-order valence-corrected chi connectivity index (χ3v) is 2.90. The maximum atomic E-state index is 11.7. The van der Waals surface area contributed by atoms with Gasteiger partial charge in [0.1, 0.15) is 0 Å². The fourth-order valence-corrected chi connectivity index (χ4v) is 1.82. The second-order valence-electron chi connectivity index (χ2n) is 4.82. The minimum Gasteiger partial charge on any atom is -0.481 e. The van der Waals surface area contributed by atoms with Crippen molar-refractivity contribution in [1.82, 2.24) is 5.32 Å². The van der Waals surface area contributed by atoms with Crippen molar-refractivity contribution in [2.24, 2.45) is 0 Å². The fraction of sp³-hybridized carbons (Fsp3) is 0.400. The molecule has 0 fully saturated rings. The number of rotatable bonds is 7. The smallest absolute Gasteiger partial charge is 0.319 e. The van der Waals surface area contributed by atoms with Gasteiger partial charge in [-0.2, -0.15) is 5.26 Å². The van der Waals surface area contributed by atoms with Crippen LogP contribution >= 0.6 is 0 Å². The van der Waals surface area contributed by atoms with Gasteiger partial charge < -0.3 is 15.7 Å². The second-order valence-corrected chi connectivity index (χ2v) is 4.82. The normalized spacial score (nSPS) is 11.2. The number of carbonyl (C=O) groups is 2. The van der Waals surface area contributed by atoms with Gasteiger partial charge in [0.25, 0.3) is 0 Å². The third-order valence-electron chi connectivity index (χ3n) is 2.90. The zero-order valence-corrected chi connectivity index (χ0v) is 11.9. The number of hydrogen-bond acceptors (Lipinski definition) is 3. The molecule has 112 valence electrons. The SMILES string of the molecule is CC(CCCC(=O)O)NC(=O)Nc1ccc(CC#N)cc1. The summed E-state index contributed by atoms with van der Waals surface area (Å²) in [7, 11) is 0. The van der Waals surface area contributed by atoms with Gasteiger partial charge in [0, 0.05) is 18.2 Å². The van der Waals surface area contributed by atoms with Crippen LogP contribution in [0.15, 0.2) is 24.3 Å². The maximum Gasteiger partial charge on any atom is 0.319 e. The molecule has 0 aliphatic carbocycles. The lowest BCUT2D eigenvalue weighted by Gasteiger charge is -2.14. The van der Waals surface area contributed by atoms with Crippen LogP contribution in [0.4, 0.5) is 10.5 Å². The van der Waals surface area contributed by atoms with E-state index in [2.05, 4.69) is 16.7 Å². The van der Waals surface area contributed by atoms with E-state index in [1.54, 1.807) is 24.3 Å². The number of hydrogen-bond donors (Lipinski definition) is 3. The maximum absolute atomic E-state index is 11.7. The molecule has 1 atom stereocenters. The van der Waals surface area contributed by atoms with Gasteiger partial charge in [-0.25, -0.2) is 4.79 Å². The van der Waals surface area contributed by atoms with Crippen LogP contribution in [0, 0.1) is 11.3 Å². The summed E-state index contributed by atoms with van der Waals surface area (Å²) in [6.45, 7) is 1.83. The lowest BCUT2D eigenvalue weighted by atomic mass is 10.1. The van der Waals surface area contributed by atoms with Gasteiger partial charge in [0.15, 0.2) is 0 Å². The van der Waals surface area contributed by atoms with Gasteiger partial charge in [0.05, 0.1) is 12.5 Å². The Morgan fingerprint density at radius 2 is 2.00 bits per heavy atom. The number of urea groups is 1. The molecule has 0 saturated heterocycles. The molecule has 2 amide bonds. The highest BCUT2D eigenvalue weighted by Crippen LogP contribution is 2.10. The first-order chi connectivity index (χ1) is 10.0. The number of benzene rings is 1. The lowest BCUT2D eigenvalue weighted by molar-refractivity contribution is -0.137. The largest absolute Gasteiger partial charge is 0.481 e.